The van der Waals surface area contributed by atoms with Crippen LogP contribution in [0.3, 0.4) is 0 Å². The molecule has 0 radical (unpaired) electrons. The van der Waals surface area contributed by atoms with Crippen LogP contribution in [-0.4, -0.2) is 232 Å². The lowest BCUT2D eigenvalue weighted by Crippen LogP contribution is -2.10. The second-order valence-electron chi connectivity index (χ2n) is 23.5. The first-order chi connectivity index (χ1) is 46.9. The molecule has 9 saturated heterocycles. The first-order valence-corrected chi connectivity index (χ1v) is 31.5. The Balaban J connectivity index is 0.000000131. The number of ether oxygens (including phenoxy) is 24. The van der Waals surface area contributed by atoms with E-state index in [1.807, 2.05) is 30.3 Å². The van der Waals surface area contributed by atoms with E-state index >= 15 is 0 Å². The quantitative estimate of drug-likeness (QED) is 0.0327. The van der Waals surface area contributed by atoms with Crippen LogP contribution in [0.15, 0.2) is 72.8 Å². The number of phenols is 3. The van der Waals surface area contributed by atoms with Gasteiger partial charge in [-0.3, -0.25) is 0 Å². The Labute approximate surface area is 553 Å². The van der Waals surface area contributed by atoms with E-state index in [-0.39, 0.29) is 72.2 Å². The number of benzene rings is 6. The van der Waals surface area contributed by atoms with E-state index < -0.39 is 0 Å². The van der Waals surface area contributed by atoms with E-state index in [0.717, 1.165) is 11.1 Å². The molecule has 96 heavy (non-hydrogen) atoms. The molecule has 3 N–H and O–H groups in total. The van der Waals surface area contributed by atoms with Crippen LogP contribution in [0.5, 0.6) is 103 Å². The van der Waals surface area contributed by atoms with Gasteiger partial charge in [0.25, 0.3) is 0 Å². The van der Waals surface area contributed by atoms with Crippen molar-refractivity contribution < 1.29 is 129 Å². The van der Waals surface area contributed by atoms with Crippen LogP contribution in [0.25, 0.3) is 33.4 Å². The molecule has 9 unspecified atom stereocenters. The highest BCUT2D eigenvalue weighted by atomic mass is 16.6. The van der Waals surface area contributed by atoms with Gasteiger partial charge in [-0.2, -0.15) is 0 Å². The third-order valence-corrected chi connectivity index (χ3v) is 15.8. The highest BCUT2D eigenvalue weighted by Crippen LogP contribution is 2.53. The molecule has 6 aromatic carbocycles. The van der Waals surface area contributed by atoms with E-state index in [1.165, 1.54) is 51.7 Å². The summed E-state index contributed by atoms with van der Waals surface area (Å²) in [6.07, 6.45) is 0.629. The van der Waals surface area contributed by atoms with E-state index in [4.69, 9.17) is 114 Å². The fourth-order valence-electron chi connectivity index (χ4n) is 9.85. The van der Waals surface area contributed by atoms with Crippen molar-refractivity contribution in [2.75, 3.05) is 162 Å². The molecule has 15 rings (SSSR count). The normalized spacial score (nSPS) is 22.8. The zero-order valence-electron chi connectivity index (χ0n) is 54.0. The predicted molar refractivity (Wildman–Crippen MR) is 337 cm³/mol. The van der Waals surface area contributed by atoms with Gasteiger partial charge in [0, 0.05) is 69.8 Å². The summed E-state index contributed by atoms with van der Waals surface area (Å²) in [7, 11) is 9.28. The Morgan fingerprint density at radius 2 is 0.396 bits per heavy atom. The monoisotopic (exact) mass is 1340 g/mol. The molecule has 0 aliphatic carbocycles. The SMILES string of the molecule is COc1cc(O)cc(-c2cc(O)cc(OC)c2OCC2CO2)c1OCC1CO1.COc1cc(O)cc(-c2cc(OCC3CO3)cc(OC)c2OCC2CO2)c1OCC1CO1.COc1cc(OCC2CO2)cc(-c2cc(OCC3CO3)cc(OC)c2OCC2CO2)c1OCC1CO1. The number of methoxy groups -OCH3 is 6. The summed E-state index contributed by atoms with van der Waals surface area (Å²) >= 11 is 0. The number of rotatable bonds is 36. The van der Waals surface area contributed by atoms with Gasteiger partial charge in [0.1, 0.15) is 149 Å². The lowest BCUT2D eigenvalue weighted by molar-refractivity contribution is 0.245. The van der Waals surface area contributed by atoms with E-state index in [0.29, 0.717) is 227 Å². The number of aromatic hydroxyl groups is 3. The lowest BCUT2D eigenvalue weighted by atomic mass is 10.0. The van der Waals surface area contributed by atoms with Gasteiger partial charge < -0.3 is 129 Å². The van der Waals surface area contributed by atoms with Crippen molar-refractivity contribution >= 4 is 0 Å². The molecule has 0 bridgehead atoms. The van der Waals surface area contributed by atoms with Crippen molar-refractivity contribution in [2.45, 2.75) is 54.9 Å². The molecular weight excluding hydrogens is 1260 g/mol. The number of phenolic OH excluding ortho intramolecular Hbond substituents is 3. The molecule has 9 aliphatic heterocycles. The van der Waals surface area contributed by atoms with E-state index in [2.05, 4.69) is 0 Å². The minimum atomic E-state index is -0.0133. The van der Waals surface area contributed by atoms with Crippen LogP contribution >= 0.6 is 0 Å². The zero-order chi connectivity index (χ0) is 66.2. The summed E-state index contributed by atoms with van der Waals surface area (Å²) in [4.78, 5) is 0. The van der Waals surface area contributed by atoms with Crippen molar-refractivity contribution in [3.8, 4) is 137 Å². The highest BCUT2D eigenvalue weighted by molar-refractivity contribution is 5.85. The summed E-state index contributed by atoms with van der Waals surface area (Å²) in [5.41, 5.74) is 3.66. The Morgan fingerprint density at radius 1 is 0.240 bits per heavy atom. The standard InChI is InChI=1S/C26H30O10.C23H26O9.C20H22O8/c1-27-23-5-15(29-7-17-9-31-17)3-21(25(23)35-13-19-11-33-19)22-4-16(30-8-18-10-32-18)6-24(28-2)26(22)36-14-20-12-34-20;1-25-20-4-13(24)3-18(22(20)31-11-16-9-29-16)19-5-14(27-7-15-8-28-15)6-21(26-2)23(19)32-12-17-10-30-17;1-23-17-5-11(21)3-15(19(17)27-9-13-7-25-13)16-4-12(22)6-18(24-2)20(16)28-10-14-8-26-14/h3-6,17-20H,7-14H2,1-2H3;3-6,15-17,24H,7-12H2,1-2H3;3-6,13-14,21-22H,7-10H2,1-2H3. The van der Waals surface area contributed by atoms with Crippen molar-refractivity contribution in [3.05, 3.63) is 72.8 Å². The lowest BCUT2D eigenvalue weighted by Gasteiger charge is -2.21. The predicted octanol–water partition coefficient (Wildman–Crippen LogP) is 7.23. The van der Waals surface area contributed by atoms with Gasteiger partial charge in [-0.1, -0.05) is 0 Å². The number of hydrogen-bond donors (Lipinski definition) is 3. The summed E-state index contributed by atoms with van der Waals surface area (Å²) in [5.74, 6) is 7.42. The van der Waals surface area contributed by atoms with Crippen LogP contribution < -0.4 is 71.1 Å². The molecule has 0 amide bonds. The summed E-state index contributed by atoms with van der Waals surface area (Å²) in [6, 6.07) is 20.2. The summed E-state index contributed by atoms with van der Waals surface area (Å²) in [6.45, 7) is 9.64. The zero-order valence-corrected chi connectivity index (χ0v) is 54.0. The van der Waals surface area contributed by atoms with E-state index in [1.54, 1.807) is 33.5 Å². The van der Waals surface area contributed by atoms with Crippen LogP contribution in [0, 0.1) is 0 Å². The third kappa shape index (κ3) is 18.1. The van der Waals surface area contributed by atoms with Crippen LogP contribution in [0.2, 0.25) is 0 Å². The van der Waals surface area contributed by atoms with Gasteiger partial charge in [0.2, 0.25) is 0 Å². The minimum absolute atomic E-state index is 0.0133. The number of epoxide rings is 9. The molecule has 0 aromatic heterocycles. The Morgan fingerprint density at radius 3 is 0.562 bits per heavy atom. The molecule has 27 heteroatoms. The van der Waals surface area contributed by atoms with Gasteiger partial charge in [-0.25, -0.2) is 0 Å². The molecule has 0 spiro atoms. The second kappa shape index (κ2) is 30.2. The topological polar surface area (TPSA) is 312 Å². The van der Waals surface area contributed by atoms with Crippen molar-refractivity contribution in [3.63, 3.8) is 0 Å². The number of hydrogen-bond acceptors (Lipinski definition) is 27. The maximum Gasteiger partial charge on any atom is 0.169 e. The van der Waals surface area contributed by atoms with Gasteiger partial charge in [-0.05, 0) is 36.4 Å². The fourth-order valence-corrected chi connectivity index (χ4v) is 9.85. The maximum atomic E-state index is 10.4. The van der Waals surface area contributed by atoms with Crippen molar-refractivity contribution in [1.82, 2.24) is 0 Å². The largest absolute Gasteiger partial charge is 0.508 e. The molecule has 9 atom stereocenters. The van der Waals surface area contributed by atoms with Crippen molar-refractivity contribution in [1.29, 1.82) is 0 Å². The molecular formula is C69H78O27. The summed E-state index contributed by atoms with van der Waals surface area (Å²) < 4.78 is 135. The molecule has 6 aromatic rings. The van der Waals surface area contributed by atoms with Gasteiger partial charge in [-0.15, -0.1) is 0 Å². The first kappa shape index (κ1) is 66.0. The molecule has 9 aliphatic rings. The molecule has 9 heterocycles. The van der Waals surface area contributed by atoms with Crippen molar-refractivity contribution in [2.24, 2.45) is 0 Å². The Kier molecular flexibility index (Phi) is 20.8. The maximum absolute atomic E-state index is 10.4. The fraction of sp³-hybridized carbons (Fsp3) is 0.478. The third-order valence-electron chi connectivity index (χ3n) is 15.8. The van der Waals surface area contributed by atoms with Crippen LogP contribution in [0.4, 0.5) is 0 Å². The highest BCUT2D eigenvalue weighted by Gasteiger charge is 2.35. The van der Waals surface area contributed by atoms with Gasteiger partial charge in [0.05, 0.1) is 102 Å². The Bertz CT molecular complexity index is 3480. The molecule has 27 nitrogen and oxygen atoms in total. The second-order valence-corrected chi connectivity index (χ2v) is 23.5. The molecule has 516 valence electrons. The van der Waals surface area contributed by atoms with Crippen LogP contribution in [-0.2, 0) is 42.6 Å². The van der Waals surface area contributed by atoms with Gasteiger partial charge in [0.15, 0.2) is 69.0 Å². The molecule has 0 saturated carbocycles. The average Bonchev–Trinajstić information content (AvgIpc) is 1.08. The van der Waals surface area contributed by atoms with E-state index in [9.17, 15) is 15.3 Å². The summed E-state index contributed by atoms with van der Waals surface area (Å²) in [5, 5.41) is 30.8. The molecule has 9 fully saturated rings. The minimum Gasteiger partial charge on any atom is -0.508 e. The average molecular weight is 1340 g/mol. The van der Waals surface area contributed by atoms with Gasteiger partial charge >= 0.3 is 0 Å². The van der Waals surface area contributed by atoms with Crippen LogP contribution in [0.1, 0.15) is 0 Å². The Hall–Kier alpha value is -8.64. The smallest absolute Gasteiger partial charge is 0.169 e. The first-order valence-electron chi connectivity index (χ1n) is 31.5.